The average Bonchev–Trinajstić information content (AvgIpc) is 3.29. The molecule has 10 nitrogen and oxygen atoms in total. The highest BCUT2D eigenvalue weighted by Crippen LogP contribution is 2.39. The number of anilines is 1. The lowest BCUT2D eigenvalue weighted by Crippen LogP contribution is -2.16. The summed E-state index contributed by atoms with van der Waals surface area (Å²) in [4.78, 5) is 28.4. The molecule has 4 rings (SSSR count). The number of nitro groups is 1. The highest BCUT2D eigenvalue weighted by atomic mass is 32.2. The quantitative estimate of drug-likeness (QED) is 0.234. The Morgan fingerprint density at radius 1 is 1.09 bits per heavy atom. The molecule has 2 heterocycles. The van der Waals surface area contributed by atoms with Crippen molar-refractivity contribution in [3.05, 3.63) is 46.0 Å². The van der Waals surface area contributed by atoms with Crippen LogP contribution in [0.2, 0.25) is 0 Å². The highest BCUT2D eigenvalue weighted by molar-refractivity contribution is 8.00. The van der Waals surface area contributed by atoms with Crippen LogP contribution in [-0.2, 0) is 11.2 Å². The van der Waals surface area contributed by atoms with E-state index in [0.717, 1.165) is 27.9 Å². The third-order valence-corrected chi connectivity index (χ3v) is 6.23. The fourth-order valence-corrected chi connectivity index (χ4v) is 4.52. The number of hydrogen-bond donors (Lipinski definition) is 1. The first-order chi connectivity index (χ1) is 16.9. The zero-order valence-corrected chi connectivity index (χ0v) is 20.4. The fourth-order valence-electron chi connectivity index (χ4n) is 3.62. The molecular formula is C24H25N3O7S. The van der Waals surface area contributed by atoms with Crippen LogP contribution in [0.4, 0.5) is 11.4 Å². The van der Waals surface area contributed by atoms with Crippen LogP contribution in [0.25, 0.3) is 10.9 Å². The number of nitrogens with zero attached hydrogens (tertiary/aromatic N) is 2. The summed E-state index contributed by atoms with van der Waals surface area (Å²) in [5, 5.41) is 15.9. The van der Waals surface area contributed by atoms with E-state index in [0.29, 0.717) is 17.2 Å². The van der Waals surface area contributed by atoms with Crippen LogP contribution in [0.15, 0.2) is 35.4 Å². The van der Waals surface area contributed by atoms with Crippen molar-refractivity contribution in [3.8, 4) is 23.0 Å². The second-order valence-corrected chi connectivity index (χ2v) is 8.44. The van der Waals surface area contributed by atoms with Crippen molar-refractivity contribution >= 4 is 39.9 Å². The number of amides is 1. The number of aryl methyl sites for hydroxylation is 1. The molecule has 0 saturated carbocycles. The molecule has 0 spiro atoms. The van der Waals surface area contributed by atoms with Gasteiger partial charge in [0.1, 0.15) is 10.8 Å². The maximum atomic E-state index is 12.8. The Bertz CT molecular complexity index is 1280. The number of nitrogens with one attached hydrogen (secondary N) is 1. The summed E-state index contributed by atoms with van der Waals surface area (Å²) < 4.78 is 21.8. The van der Waals surface area contributed by atoms with Crippen molar-refractivity contribution < 1.29 is 28.7 Å². The summed E-state index contributed by atoms with van der Waals surface area (Å²) >= 11 is 1.31. The van der Waals surface area contributed by atoms with Crippen LogP contribution < -0.4 is 24.3 Å². The molecule has 0 unspecified atom stereocenters. The lowest BCUT2D eigenvalue weighted by atomic mass is 10.1. The summed E-state index contributed by atoms with van der Waals surface area (Å²) in [5.74, 6) is 1.39. The Balaban J connectivity index is 1.54. The van der Waals surface area contributed by atoms with Gasteiger partial charge in [-0.1, -0.05) is 18.7 Å². The summed E-state index contributed by atoms with van der Waals surface area (Å²) in [6, 6.07) is 8.47. The van der Waals surface area contributed by atoms with Crippen LogP contribution in [0.1, 0.15) is 26.3 Å². The monoisotopic (exact) mass is 499 g/mol. The third-order valence-electron chi connectivity index (χ3n) is 5.20. The summed E-state index contributed by atoms with van der Waals surface area (Å²) in [5.41, 5.74) is 1.85. The molecular weight excluding hydrogens is 474 g/mol. The van der Waals surface area contributed by atoms with Gasteiger partial charge in [0, 0.05) is 17.5 Å². The molecule has 1 N–H and O–H groups in total. The maximum absolute atomic E-state index is 12.8. The fraction of sp³-hybridized carbons (Fsp3) is 0.333. The number of thioether (sulfide) groups is 1. The van der Waals surface area contributed by atoms with Crippen LogP contribution in [0.3, 0.4) is 0 Å². The number of hydrogen-bond acceptors (Lipinski definition) is 9. The van der Waals surface area contributed by atoms with Crippen LogP contribution in [-0.4, -0.2) is 41.6 Å². The topological polar surface area (TPSA) is 122 Å². The predicted molar refractivity (Wildman–Crippen MR) is 132 cm³/mol. The van der Waals surface area contributed by atoms with Gasteiger partial charge >= 0.3 is 5.69 Å². The molecule has 1 aromatic heterocycles. The first-order valence-electron chi connectivity index (χ1n) is 11.2. The van der Waals surface area contributed by atoms with E-state index in [-0.39, 0.29) is 48.9 Å². The first-order valence-corrected chi connectivity index (χ1v) is 12.2. The summed E-state index contributed by atoms with van der Waals surface area (Å²) in [7, 11) is 0. The van der Waals surface area contributed by atoms with Gasteiger partial charge in [-0.15, -0.1) is 0 Å². The minimum absolute atomic E-state index is 0.0621. The van der Waals surface area contributed by atoms with Crippen molar-refractivity contribution in [1.82, 2.24) is 4.98 Å². The Kier molecular flexibility index (Phi) is 7.45. The van der Waals surface area contributed by atoms with Gasteiger partial charge in [-0.05, 0) is 38.0 Å². The van der Waals surface area contributed by atoms with E-state index in [2.05, 4.69) is 5.32 Å². The third kappa shape index (κ3) is 5.35. The zero-order chi connectivity index (χ0) is 24.9. The standard InChI is InChI=1S/C24H25N3O7S/c1-4-14-7-15-8-21-22(34-13-33-21)9-16(15)26-24(14)35-12-23(28)25-17-10-20(32-6-3)18(27(29)30)11-19(17)31-5-2/h7-11H,4-6,12-13H2,1-3H3,(H,25,28). The smallest absolute Gasteiger partial charge is 0.314 e. The average molecular weight is 500 g/mol. The van der Waals surface area contributed by atoms with E-state index < -0.39 is 4.92 Å². The minimum Gasteiger partial charge on any atom is -0.491 e. The summed E-state index contributed by atoms with van der Waals surface area (Å²) in [6.45, 7) is 6.22. The van der Waals surface area contributed by atoms with Gasteiger partial charge in [0.05, 0.1) is 41.2 Å². The molecule has 3 aromatic rings. The molecule has 0 saturated heterocycles. The number of carbonyl (C=O) groups is 1. The van der Waals surface area contributed by atoms with E-state index in [1.54, 1.807) is 13.8 Å². The molecule has 35 heavy (non-hydrogen) atoms. The lowest BCUT2D eigenvalue weighted by Gasteiger charge is -2.14. The van der Waals surface area contributed by atoms with Gasteiger partial charge < -0.3 is 24.3 Å². The number of aromatic nitrogens is 1. The number of fused-ring (bicyclic) bond motifs is 2. The molecule has 1 aliphatic rings. The molecule has 184 valence electrons. The number of rotatable bonds is 10. The largest absolute Gasteiger partial charge is 0.491 e. The van der Waals surface area contributed by atoms with Gasteiger partial charge in [-0.25, -0.2) is 4.98 Å². The zero-order valence-electron chi connectivity index (χ0n) is 19.6. The van der Waals surface area contributed by atoms with Gasteiger partial charge in [0.2, 0.25) is 12.7 Å². The van der Waals surface area contributed by atoms with Crippen molar-refractivity contribution in [3.63, 3.8) is 0 Å². The number of ether oxygens (including phenoxy) is 4. The number of carbonyl (C=O) groups excluding carboxylic acids is 1. The molecule has 1 aliphatic heterocycles. The maximum Gasteiger partial charge on any atom is 0.314 e. The van der Waals surface area contributed by atoms with E-state index in [9.17, 15) is 14.9 Å². The SMILES string of the molecule is CCOc1cc([N+](=O)[O-])c(OCC)cc1NC(=O)CSc1nc2cc3c(cc2cc1CC)OCO3. The summed E-state index contributed by atoms with van der Waals surface area (Å²) in [6.07, 6.45) is 0.746. The van der Waals surface area contributed by atoms with Crippen molar-refractivity contribution in [2.24, 2.45) is 0 Å². The van der Waals surface area contributed by atoms with E-state index >= 15 is 0 Å². The number of pyridine rings is 1. The molecule has 1 amide bonds. The molecule has 0 radical (unpaired) electrons. The van der Waals surface area contributed by atoms with Crippen LogP contribution in [0, 0.1) is 10.1 Å². The van der Waals surface area contributed by atoms with Crippen LogP contribution in [0.5, 0.6) is 23.0 Å². The van der Waals surface area contributed by atoms with Crippen molar-refractivity contribution in [1.29, 1.82) is 0 Å². The first kappa shape index (κ1) is 24.4. The van der Waals surface area contributed by atoms with Gasteiger partial charge in [-0.3, -0.25) is 14.9 Å². The molecule has 0 atom stereocenters. The van der Waals surface area contributed by atoms with Gasteiger partial charge in [0.25, 0.3) is 0 Å². The van der Waals surface area contributed by atoms with E-state index in [1.807, 2.05) is 25.1 Å². The van der Waals surface area contributed by atoms with E-state index in [1.165, 1.54) is 23.9 Å². The molecule has 0 bridgehead atoms. The molecule has 0 fully saturated rings. The normalized spacial score (nSPS) is 12.0. The Morgan fingerprint density at radius 3 is 2.49 bits per heavy atom. The Morgan fingerprint density at radius 2 is 1.80 bits per heavy atom. The molecule has 0 aliphatic carbocycles. The Labute approximate surface area is 206 Å². The lowest BCUT2D eigenvalue weighted by molar-refractivity contribution is -0.385. The van der Waals surface area contributed by atoms with Crippen molar-refractivity contribution in [2.45, 2.75) is 32.2 Å². The second-order valence-electron chi connectivity index (χ2n) is 7.48. The molecule has 11 heteroatoms. The minimum atomic E-state index is -0.542. The second kappa shape index (κ2) is 10.7. The molecule has 2 aromatic carbocycles. The Hall–Kier alpha value is -3.73. The van der Waals surface area contributed by atoms with Crippen LogP contribution >= 0.6 is 11.8 Å². The highest BCUT2D eigenvalue weighted by Gasteiger charge is 2.22. The van der Waals surface area contributed by atoms with Gasteiger partial charge in [0.15, 0.2) is 17.2 Å². The van der Waals surface area contributed by atoms with E-state index in [4.69, 9.17) is 23.9 Å². The van der Waals surface area contributed by atoms with Gasteiger partial charge in [-0.2, -0.15) is 0 Å². The number of nitro benzene ring substituents is 1. The number of benzene rings is 2. The van der Waals surface area contributed by atoms with Crippen molar-refractivity contribution in [2.75, 3.05) is 31.1 Å². The predicted octanol–water partition coefficient (Wildman–Crippen LogP) is 4.96.